The standard InChI is InChI=1S/C12H10N4O3/c1-18-11-4-8(2-3-10(11)17)6-15-16-12-9(5-13)14-7-19-12/h2-4,6-7,16-17H,1H3. The Balaban J connectivity index is 2.09. The van der Waals surface area contributed by atoms with E-state index >= 15 is 0 Å². The van der Waals surface area contributed by atoms with E-state index in [1.165, 1.54) is 19.4 Å². The van der Waals surface area contributed by atoms with Gasteiger partial charge in [-0.05, 0) is 23.8 Å². The third-order valence-electron chi connectivity index (χ3n) is 2.26. The normalized spacial score (nSPS) is 10.3. The lowest BCUT2D eigenvalue weighted by Gasteiger charge is -2.03. The molecule has 1 heterocycles. The van der Waals surface area contributed by atoms with Gasteiger partial charge in [0.1, 0.15) is 6.07 Å². The van der Waals surface area contributed by atoms with Crippen molar-refractivity contribution in [3.05, 3.63) is 35.9 Å². The number of phenols is 1. The van der Waals surface area contributed by atoms with E-state index in [9.17, 15) is 5.11 Å². The fourth-order valence-electron chi connectivity index (χ4n) is 1.35. The van der Waals surface area contributed by atoms with Crippen LogP contribution in [0, 0.1) is 11.3 Å². The van der Waals surface area contributed by atoms with Crippen molar-refractivity contribution < 1.29 is 14.3 Å². The molecule has 0 aliphatic rings. The summed E-state index contributed by atoms with van der Waals surface area (Å²) in [7, 11) is 1.46. The fourth-order valence-corrected chi connectivity index (χ4v) is 1.35. The molecule has 7 nitrogen and oxygen atoms in total. The number of nitrogens with one attached hydrogen (secondary N) is 1. The van der Waals surface area contributed by atoms with E-state index in [2.05, 4.69) is 15.5 Å². The molecular weight excluding hydrogens is 248 g/mol. The first-order valence-corrected chi connectivity index (χ1v) is 5.24. The number of aromatic hydroxyl groups is 1. The second-order valence-electron chi connectivity index (χ2n) is 3.44. The molecule has 0 unspecified atom stereocenters. The SMILES string of the molecule is COc1cc(C=NNc2ocnc2C#N)ccc1O. The van der Waals surface area contributed by atoms with Gasteiger partial charge >= 0.3 is 0 Å². The molecule has 96 valence electrons. The summed E-state index contributed by atoms with van der Waals surface area (Å²) in [5.74, 6) is 0.570. The highest BCUT2D eigenvalue weighted by molar-refractivity contribution is 5.81. The minimum absolute atomic E-state index is 0.0506. The number of ether oxygens (including phenoxy) is 1. The van der Waals surface area contributed by atoms with E-state index in [4.69, 9.17) is 14.4 Å². The van der Waals surface area contributed by atoms with Crippen LogP contribution in [0.2, 0.25) is 0 Å². The van der Waals surface area contributed by atoms with Gasteiger partial charge in [0.15, 0.2) is 17.9 Å². The number of benzene rings is 1. The molecule has 0 aliphatic carbocycles. The summed E-state index contributed by atoms with van der Waals surface area (Å²) in [6, 6.07) is 6.63. The lowest BCUT2D eigenvalue weighted by Crippen LogP contribution is -1.92. The second-order valence-corrected chi connectivity index (χ2v) is 3.44. The highest BCUT2D eigenvalue weighted by Gasteiger charge is 2.05. The number of hydrazone groups is 1. The topological polar surface area (TPSA) is 104 Å². The zero-order valence-electron chi connectivity index (χ0n) is 9.99. The molecule has 7 heteroatoms. The number of hydrogen-bond donors (Lipinski definition) is 2. The van der Waals surface area contributed by atoms with Crippen molar-refractivity contribution in [3.63, 3.8) is 0 Å². The van der Waals surface area contributed by atoms with E-state index in [1.807, 2.05) is 6.07 Å². The van der Waals surface area contributed by atoms with Crippen LogP contribution in [0.25, 0.3) is 0 Å². The third kappa shape index (κ3) is 2.81. The van der Waals surface area contributed by atoms with Crippen molar-refractivity contribution >= 4 is 12.1 Å². The minimum Gasteiger partial charge on any atom is -0.504 e. The predicted octanol–water partition coefficient (Wildman–Crippen LogP) is 1.71. The number of aromatic nitrogens is 1. The molecule has 0 fully saturated rings. The first kappa shape index (κ1) is 12.4. The average Bonchev–Trinajstić information content (AvgIpc) is 2.88. The first-order valence-electron chi connectivity index (χ1n) is 5.24. The highest BCUT2D eigenvalue weighted by Crippen LogP contribution is 2.25. The summed E-state index contributed by atoms with van der Waals surface area (Å²) in [6.45, 7) is 0. The van der Waals surface area contributed by atoms with Gasteiger partial charge < -0.3 is 14.3 Å². The van der Waals surface area contributed by atoms with Crippen LogP contribution in [0.15, 0.2) is 34.1 Å². The van der Waals surface area contributed by atoms with Crippen molar-refractivity contribution in [2.75, 3.05) is 12.5 Å². The van der Waals surface area contributed by atoms with Gasteiger partial charge in [-0.25, -0.2) is 10.4 Å². The highest BCUT2D eigenvalue weighted by atomic mass is 16.5. The third-order valence-corrected chi connectivity index (χ3v) is 2.26. The van der Waals surface area contributed by atoms with E-state index in [0.717, 1.165) is 6.39 Å². The lowest BCUT2D eigenvalue weighted by atomic mass is 10.2. The minimum atomic E-state index is 0.0506. The summed E-state index contributed by atoms with van der Waals surface area (Å²) in [6.07, 6.45) is 2.64. The van der Waals surface area contributed by atoms with Crippen molar-refractivity contribution in [1.29, 1.82) is 5.26 Å². The number of oxazole rings is 1. The molecular formula is C12H10N4O3. The Kier molecular flexibility index (Phi) is 3.64. The molecule has 19 heavy (non-hydrogen) atoms. The van der Waals surface area contributed by atoms with E-state index < -0.39 is 0 Å². The van der Waals surface area contributed by atoms with Gasteiger partial charge in [-0.1, -0.05) is 0 Å². The van der Waals surface area contributed by atoms with Crippen molar-refractivity contribution in [2.24, 2.45) is 5.10 Å². The summed E-state index contributed by atoms with van der Waals surface area (Å²) in [4.78, 5) is 3.68. The Morgan fingerprint density at radius 2 is 2.42 bits per heavy atom. The maximum absolute atomic E-state index is 9.43. The molecule has 0 aliphatic heterocycles. The molecule has 1 aromatic heterocycles. The van der Waals surface area contributed by atoms with Gasteiger partial charge in [0.25, 0.3) is 5.88 Å². The fraction of sp³-hybridized carbons (Fsp3) is 0.0833. The summed E-state index contributed by atoms with van der Waals surface area (Å²) < 4.78 is 9.91. The molecule has 0 spiro atoms. The number of nitrogens with zero attached hydrogens (tertiary/aromatic N) is 3. The van der Waals surface area contributed by atoms with Crippen LogP contribution in [0.5, 0.6) is 11.5 Å². The van der Waals surface area contributed by atoms with Gasteiger partial charge in [0, 0.05) is 0 Å². The Morgan fingerprint density at radius 3 is 3.16 bits per heavy atom. The predicted molar refractivity (Wildman–Crippen MR) is 67.1 cm³/mol. The monoisotopic (exact) mass is 258 g/mol. The van der Waals surface area contributed by atoms with Crippen molar-refractivity contribution in [3.8, 4) is 17.6 Å². The van der Waals surface area contributed by atoms with E-state index in [-0.39, 0.29) is 17.3 Å². The number of phenolic OH excluding ortho intramolecular Hbond substituents is 1. The molecule has 0 saturated carbocycles. The van der Waals surface area contributed by atoms with Crippen molar-refractivity contribution in [2.45, 2.75) is 0 Å². The van der Waals surface area contributed by atoms with Crippen LogP contribution in [0.4, 0.5) is 5.88 Å². The summed E-state index contributed by atoms with van der Waals surface area (Å²) in [5.41, 5.74) is 3.39. The molecule has 2 aromatic rings. The van der Waals surface area contributed by atoms with E-state index in [1.54, 1.807) is 12.1 Å². The van der Waals surface area contributed by atoms with Crippen molar-refractivity contribution in [1.82, 2.24) is 4.98 Å². The van der Waals surface area contributed by atoms with Crippen LogP contribution >= 0.6 is 0 Å². The smallest absolute Gasteiger partial charge is 0.251 e. The lowest BCUT2D eigenvalue weighted by molar-refractivity contribution is 0.373. The van der Waals surface area contributed by atoms with Crippen LogP contribution in [0.3, 0.4) is 0 Å². The van der Waals surface area contributed by atoms with Crippen LogP contribution in [-0.4, -0.2) is 23.4 Å². The van der Waals surface area contributed by atoms with Crippen LogP contribution in [0.1, 0.15) is 11.3 Å². The van der Waals surface area contributed by atoms with E-state index in [0.29, 0.717) is 11.3 Å². The van der Waals surface area contributed by atoms with Gasteiger partial charge in [0.05, 0.1) is 13.3 Å². The number of rotatable bonds is 4. The summed E-state index contributed by atoms with van der Waals surface area (Å²) >= 11 is 0. The summed E-state index contributed by atoms with van der Waals surface area (Å²) in [5, 5.41) is 22.0. The average molecular weight is 258 g/mol. The van der Waals surface area contributed by atoms with Crippen LogP contribution < -0.4 is 10.2 Å². The van der Waals surface area contributed by atoms with Gasteiger partial charge in [-0.15, -0.1) is 0 Å². The number of methoxy groups -OCH3 is 1. The van der Waals surface area contributed by atoms with Gasteiger partial charge in [-0.3, -0.25) is 0 Å². The second kappa shape index (κ2) is 5.55. The Bertz CT molecular complexity index is 643. The Labute approximate surface area is 108 Å². The molecule has 0 bridgehead atoms. The Hall–Kier alpha value is -3.01. The first-order chi connectivity index (χ1) is 9.24. The number of hydrogen-bond acceptors (Lipinski definition) is 7. The molecule has 1 aromatic carbocycles. The molecule has 0 radical (unpaired) electrons. The maximum Gasteiger partial charge on any atom is 0.251 e. The quantitative estimate of drug-likeness (QED) is 0.639. The molecule has 0 atom stereocenters. The van der Waals surface area contributed by atoms with Gasteiger partial charge in [0.2, 0.25) is 5.69 Å². The van der Waals surface area contributed by atoms with Crippen LogP contribution in [-0.2, 0) is 0 Å². The van der Waals surface area contributed by atoms with Gasteiger partial charge in [-0.2, -0.15) is 10.4 Å². The zero-order valence-corrected chi connectivity index (χ0v) is 9.99. The number of anilines is 1. The maximum atomic E-state index is 9.43. The Morgan fingerprint density at radius 1 is 1.58 bits per heavy atom. The molecule has 0 saturated heterocycles. The number of nitriles is 1. The zero-order chi connectivity index (χ0) is 13.7. The molecule has 2 N–H and O–H groups in total. The molecule has 0 amide bonds. The largest absolute Gasteiger partial charge is 0.504 e. The molecule has 2 rings (SSSR count).